The van der Waals surface area contributed by atoms with Crippen LogP contribution in [0.3, 0.4) is 0 Å². The van der Waals surface area contributed by atoms with Crippen LogP contribution >= 0.6 is 23.5 Å². The van der Waals surface area contributed by atoms with Crippen molar-refractivity contribution in [2.75, 3.05) is 88.2 Å². The largest absolute Gasteiger partial charge is 0.465 e. The Morgan fingerprint density at radius 1 is 0.692 bits per heavy atom. The van der Waals surface area contributed by atoms with Gasteiger partial charge in [0.1, 0.15) is 11.6 Å². The first-order chi connectivity index (χ1) is 31.5. The molecular formula is C49H70N10O4S2. The molecule has 0 aliphatic carbocycles. The van der Waals surface area contributed by atoms with Gasteiger partial charge in [0.2, 0.25) is 11.9 Å². The van der Waals surface area contributed by atoms with Gasteiger partial charge < -0.3 is 41.4 Å². The minimum Gasteiger partial charge on any atom is -0.465 e. The number of aromatic nitrogens is 4. The van der Waals surface area contributed by atoms with Crippen LogP contribution in [0.4, 0.5) is 23.5 Å². The van der Waals surface area contributed by atoms with Crippen molar-refractivity contribution < 1.29 is 19.1 Å². The third kappa shape index (κ3) is 14.7. The molecule has 2 saturated heterocycles. The van der Waals surface area contributed by atoms with Gasteiger partial charge in [-0.1, -0.05) is 74.5 Å². The summed E-state index contributed by atoms with van der Waals surface area (Å²) >= 11 is 3.06. The molecule has 0 saturated carbocycles. The maximum Gasteiger partial charge on any atom is 0.314 e. The fourth-order valence-electron chi connectivity index (χ4n) is 8.30. The van der Waals surface area contributed by atoms with Crippen LogP contribution in [0.25, 0.3) is 0 Å². The Kier molecular flexibility index (Phi) is 19.4. The van der Waals surface area contributed by atoms with Crippen molar-refractivity contribution in [2.24, 2.45) is 5.92 Å². The molecule has 65 heavy (non-hydrogen) atoms. The fourth-order valence-corrected chi connectivity index (χ4v) is 10.1. The van der Waals surface area contributed by atoms with Crippen LogP contribution in [0.15, 0.2) is 68.1 Å². The number of nitrogens with one attached hydrogen (secondary N) is 2. The number of aryl methyl sites for hydroxylation is 2. The molecule has 0 bridgehead atoms. The number of nitrogen functional groups attached to an aromatic ring is 2. The Morgan fingerprint density at radius 3 is 1.65 bits per heavy atom. The predicted octanol–water partition coefficient (Wildman–Crippen LogP) is 8.95. The minimum atomic E-state index is -0.967. The minimum absolute atomic E-state index is 0.220. The molecule has 0 radical (unpaired) electrons. The number of nitrogens with two attached hydrogens (primary N) is 2. The summed E-state index contributed by atoms with van der Waals surface area (Å²) in [4.78, 5) is 55.7. The molecule has 14 nitrogen and oxygen atoms in total. The van der Waals surface area contributed by atoms with Gasteiger partial charge in [-0.05, 0) is 146 Å². The molecule has 2 fully saturated rings. The molecule has 6 rings (SSSR count). The summed E-state index contributed by atoms with van der Waals surface area (Å²) in [7, 11) is 2.12. The molecule has 0 spiro atoms. The summed E-state index contributed by atoms with van der Waals surface area (Å²) in [5.74, 6) is -0.747. The van der Waals surface area contributed by atoms with E-state index < -0.39 is 23.8 Å². The smallest absolute Gasteiger partial charge is 0.314 e. The fraction of sp³-hybridized carbons (Fsp3) is 0.551. The van der Waals surface area contributed by atoms with Crippen molar-refractivity contribution in [1.82, 2.24) is 29.7 Å². The number of carbonyl (C=O) groups excluding carboxylic acids is 2. The lowest BCUT2D eigenvalue weighted by atomic mass is 9.81. The molecule has 2 aliphatic rings. The first kappa shape index (κ1) is 49.8. The van der Waals surface area contributed by atoms with Gasteiger partial charge in [-0.3, -0.25) is 9.59 Å². The molecule has 352 valence electrons. The van der Waals surface area contributed by atoms with Crippen LogP contribution in [0, 0.1) is 19.8 Å². The van der Waals surface area contributed by atoms with E-state index in [1.807, 2.05) is 62.4 Å². The quantitative estimate of drug-likeness (QED) is 0.0385. The maximum atomic E-state index is 14.7. The van der Waals surface area contributed by atoms with Crippen molar-refractivity contribution >= 4 is 59.0 Å². The van der Waals surface area contributed by atoms with Gasteiger partial charge in [0, 0.05) is 22.9 Å². The van der Waals surface area contributed by atoms with E-state index in [4.69, 9.17) is 20.9 Å². The van der Waals surface area contributed by atoms with Gasteiger partial charge in [-0.25, -0.2) is 9.97 Å². The second kappa shape index (κ2) is 25.3. The number of likely N-dealkylation sites (tertiary alicyclic amines) is 2. The van der Waals surface area contributed by atoms with Gasteiger partial charge >= 0.3 is 11.9 Å². The van der Waals surface area contributed by atoms with Gasteiger partial charge in [-0.15, -0.1) is 0 Å². The van der Waals surface area contributed by atoms with E-state index in [1.54, 1.807) is 0 Å². The number of benzene rings is 2. The lowest BCUT2D eigenvalue weighted by Gasteiger charge is -2.30. The Balaban J connectivity index is 1.31. The number of rotatable bonds is 24. The highest BCUT2D eigenvalue weighted by Crippen LogP contribution is 2.41. The average Bonchev–Trinajstić information content (AvgIpc) is 3.82. The first-order valence-corrected chi connectivity index (χ1v) is 25.2. The number of hydrogen-bond acceptors (Lipinski definition) is 16. The highest BCUT2D eigenvalue weighted by Gasteiger charge is 2.39. The lowest BCUT2D eigenvalue weighted by molar-refractivity contribution is -0.155. The van der Waals surface area contributed by atoms with E-state index in [1.165, 1.54) is 36.4 Å². The summed E-state index contributed by atoms with van der Waals surface area (Å²) < 4.78 is 12.4. The van der Waals surface area contributed by atoms with Crippen LogP contribution in [-0.4, -0.2) is 108 Å². The lowest BCUT2D eigenvalue weighted by Crippen LogP contribution is -2.34. The van der Waals surface area contributed by atoms with Crippen molar-refractivity contribution in [3.63, 3.8) is 0 Å². The van der Waals surface area contributed by atoms with Crippen molar-refractivity contribution in [2.45, 2.75) is 123 Å². The maximum absolute atomic E-state index is 14.7. The molecule has 0 amide bonds. The third-order valence-electron chi connectivity index (χ3n) is 12.1. The molecule has 4 aromatic rings. The Hall–Kier alpha value is -4.64. The second-order valence-corrected chi connectivity index (χ2v) is 19.5. The average molecular weight is 927 g/mol. The molecule has 6 N–H and O–H groups in total. The third-order valence-corrected chi connectivity index (χ3v) is 14.5. The van der Waals surface area contributed by atoms with Gasteiger partial charge in [0.25, 0.3) is 0 Å². The van der Waals surface area contributed by atoms with E-state index >= 15 is 0 Å². The predicted molar refractivity (Wildman–Crippen MR) is 263 cm³/mol. The Morgan fingerprint density at radius 2 is 1.17 bits per heavy atom. The molecule has 2 unspecified atom stereocenters. The van der Waals surface area contributed by atoms with E-state index in [9.17, 15) is 9.59 Å². The SMILES string of the molecule is CCCCNc1nc(N)nc(C)c1Sc1ccc(C(C(=O)OCCCCN2CCCC2)C(C(=O)OCC2CCN(C)CC2)c2ccc(Sc3c(C)nc(N)nc3NCCCC)cc2)cc1. The van der Waals surface area contributed by atoms with Gasteiger partial charge in [0.05, 0.1) is 46.2 Å². The summed E-state index contributed by atoms with van der Waals surface area (Å²) in [6.07, 6.45) is 10.1. The standard InChI is InChI=1S/C49H70N10O4S2/c1-6-8-24-52-44-42(33(3)54-48(50)56-44)64-38-18-14-36(15-19-38)40(46(60)62-31-13-12-28-59-26-10-11-27-59)41(47(61)63-32-35-22-29-58(5)30-23-35)37-16-20-39(21-17-37)65-43-34(4)55-49(51)57-45(43)53-25-9-7-2/h14-21,35,40-41H,6-13,22-32H2,1-5H3,(H3,50,52,54,56)(H3,51,53,55,57). The molecule has 2 aromatic carbocycles. The number of unbranched alkanes of at least 4 members (excludes halogenated alkanes) is 3. The van der Waals surface area contributed by atoms with Crippen molar-refractivity contribution in [1.29, 1.82) is 0 Å². The first-order valence-electron chi connectivity index (χ1n) is 23.6. The zero-order chi connectivity index (χ0) is 46.1. The molecule has 4 heterocycles. The normalized spacial score (nSPS) is 15.7. The number of esters is 2. The van der Waals surface area contributed by atoms with Crippen LogP contribution in [-0.2, 0) is 19.1 Å². The summed E-state index contributed by atoms with van der Waals surface area (Å²) in [5, 5.41) is 6.88. The molecule has 2 atom stereocenters. The van der Waals surface area contributed by atoms with E-state index in [0.717, 1.165) is 128 Å². The number of anilines is 4. The molecular weight excluding hydrogens is 857 g/mol. The topological polar surface area (TPSA) is 187 Å². The van der Waals surface area contributed by atoms with Crippen LogP contribution < -0.4 is 22.1 Å². The molecule has 2 aromatic heterocycles. The van der Waals surface area contributed by atoms with Gasteiger partial charge in [0.15, 0.2) is 0 Å². The number of nitrogens with zero attached hydrogens (tertiary/aromatic N) is 6. The monoisotopic (exact) mass is 927 g/mol. The highest BCUT2D eigenvalue weighted by atomic mass is 32.2. The van der Waals surface area contributed by atoms with Gasteiger partial charge in [-0.2, -0.15) is 9.97 Å². The zero-order valence-electron chi connectivity index (χ0n) is 39.1. The summed E-state index contributed by atoms with van der Waals surface area (Å²) in [6, 6.07) is 15.6. The summed E-state index contributed by atoms with van der Waals surface area (Å²) in [6.45, 7) is 15.4. The number of piperidine rings is 1. The molecule has 2 aliphatic heterocycles. The van der Waals surface area contributed by atoms with E-state index in [-0.39, 0.29) is 24.4 Å². The van der Waals surface area contributed by atoms with Crippen LogP contribution in [0.5, 0.6) is 0 Å². The number of carbonyl (C=O) groups is 2. The molecule has 16 heteroatoms. The Bertz CT molecular complexity index is 2130. The van der Waals surface area contributed by atoms with Crippen LogP contribution in [0.1, 0.15) is 112 Å². The van der Waals surface area contributed by atoms with E-state index in [2.05, 4.69) is 61.3 Å². The second-order valence-electron chi connectivity index (χ2n) is 17.3. The number of hydrogen-bond donors (Lipinski definition) is 4. The van der Waals surface area contributed by atoms with Crippen molar-refractivity contribution in [3.05, 3.63) is 71.0 Å². The number of ether oxygens (including phenoxy) is 2. The van der Waals surface area contributed by atoms with E-state index in [0.29, 0.717) is 29.4 Å². The summed E-state index contributed by atoms with van der Waals surface area (Å²) in [5.41, 5.74) is 15.0. The Labute approximate surface area is 394 Å². The highest BCUT2D eigenvalue weighted by molar-refractivity contribution is 7.99. The zero-order valence-corrected chi connectivity index (χ0v) is 40.7. The van der Waals surface area contributed by atoms with Crippen molar-refractivity contribution in [3.8, 4) is 0 Å². The van der Waals surface area contributed by atoms with Crippen LogP contribution in [0.2, 0.25) is 0 Å².